The molecule has 2 aromatic carbocycles. The second kappa shape index (κ2) is 5.51. The zero-order valence-corrected chi connectivity index (χ0v) is 11.5. The van der Waals surface area contributed by atoms with Crippen LogP contribution in [0.3, 0.4) is 0 Å². The summed E-state index contributed by atoms with van der Waals surface area (Å²) >= 11 is 0. The van der Waals surface area contributed by atoms with Crippen molar-refractivity contribution in [3.63, 3.8) is 0 Å². The summed E-state index contributed by atoms with van der Waals surface area (Å²) in [6.45, 7) is 5.84. The van der Waals surface area contributed by atoms with Crippen LogP contribution in [0, 0.1) is 26.6 Å². The molecule has 0 saturated heterocycles. The lowest BCUT2D eigenvalue weighted by Gasteiger charge is -2.20. The summed E-state index contributed by atoms with van der Waals surface area (Å²) < 4.78 is 13.7. The molecule has 0 bridgehead atoms. The van der Waals surface area contributed by atoms with Crippen molar-refractivity contribution in [2.45, 2.75) is 26.8 Å². The third kappa shape index (κ3) is 2.83. The van der Waals surface area contributed by atoms with E-state index in [2.05, 4.69) is 11.5 Å². The van der Waals surface area contributed by atoms with Gasteiger partial charge in [0.15, 0.2) is 0 Å². The SMILES string of the molecule is Cc1ccc(C(NN)c2ccc(C)c(F)c2)c(C)c1. The Morgan fingerprint density at radius 2 is 1.74 bits per heavy atom. The van der Waals surface area contributed by atoms with Crippen LogP contribution < -0.4 is 11.3 Å². The Labute approximate surface area is 113 Å². The minimum Gasteiger partial charge on any atom is -0.271 e. The van der Waals surface area contributed by atoms with Crippen molar-refractivity contribution in [3.05, 3.63) is 70.0 Å². The highest BCUT2D eigenvalue weighted by Crippen LogP contribution is 2.26. The molecule has 1 atom stereocenters. The van der Waals surface area contributed by atoms with E-state index in [1.165, 1.54) is 5.56 Å². The van der Waals surface area contributed by atoms with Crippen molar-refractivity contribution in [3.8, 4) is 0 Å². The van der Waals surface area contributed by atoms with Crippen LogP contribution in [0.2, 0.25) is 0 Å². The number of hydrazine groups is 1. The van der Waals surface area contributed by atoms with Crippen molar-refractivity contribution in [1.29, 1.82) is 0 Å². The number of nitrogens with two attached hydrogens (primary N) is 1. The summed E-state index contributed by atoms with van der Waals surface area (Å²) in [7, 11) is 0. The minimum absolute atomic E-state index is 0.198. The number of hydrogen-bond donors (Lipinski definition) is 2. The van der Waals surface area contributed by atoms with Gasteiger partial charge in [0, 0.05) is 0 Å². The largest absolute Gasteiger partial charge is 0.271 e. The molecule has 0 saturated carbocycles. The van der Waals surface area contributed by atoms with Crippen LogP contribution in [0.25, 0.3) is 0 Å². The van der Waals surface area contributed by atoms with Gasteiger partial charge in [-0.25, -0.2) is 9.82 Å². The van der Waals surface area contributed by atoms with Crippen molar-refractivity contribution in [1.82, 2.24) is 5.43 Å². The van der Waals surface area contributed by atoms with Crippen molar-refractivity contribution in [2.24, 2.45) is 5.84 Å². The van der Waals surface area contributed by atoms with Crippen LogP contribution >= 0.6 is 0 Å². The summed E-state index contributed by atoms with van der Waals surface area (Å²) in [6.07, 6.45) is 0. The van der Waals surface area contributed by atoms with E-state index in [0.717, 1.165) is 16.7 Å². The zero-order chi connectivity index (χ0) is 14.0. The van der Waals surface area contributed by atoms with Gasteiger partial charge in [-0.3, -0.25) is 5.84 Å². The average molecular weight is 258 g/mol. The fourth-order valence-electron chi connectivity index (χ4n) is 2.30. The summed E-state index contributed by atoms with van der Waals surface area (Å²) in [5, 5.41) is 0. The van der Waals surface area contributed by atoms with Gasteiger partial charge in [0.05, 0.1) is 6.04 Å². The maximum atomic E-state index is 13.7. The highest BCUT2D eigenvalue weighted by Gasteiger charge is 2.15. The predicted octanol–water partition coefficient (Wildman–Crippen LogP) is 3.30. The van der Waals surface area contributed by atoms with Gasteiger partial charge < -0.3 is 0 Å². The quantitative estimate of drug-likeness (QED) is 0.655. The van der Waals surface area contributed by atoms with Crippen molar-refractivity contribution < 1.29 is 4.39 Å². The fourth-order valence-corrected chi connectivity index (χ4v) is 2.30. The van der Waals surface area contributed by atoms with E-state index in [-0.39, 0.29) is 11.9 Å². The molecule has 2 nitrogen and oxygen atoms in total. The molecule has 0 radical (unpaired) electrons. The van der Waals surface area contributed by atoms with Crippen LogP contribution in [-0.4, -0.2) is 0 Å². The first kappa shape index (κ1) is 13.7. The monoisotopic (exact) mass is 258 g/mol. The summed E-state index contributed by atoms with van der Waals surface area (Å²) in [5.41, 5.74) is 7.65. The molecule has 0 aliphatic carbocycles. The van der Waals surface area contributed by atoms with Crippen LogP contribution in [-0.2, 0) is 0 Å². The van der Waals surface area contributed by atoms with Crippen molar-refractivity contribution in [2.75, 3.05) is 0 Å². The van der Waals surface area contributed by atoms with E-state index in [1.54, 1.807) is 19.1 Å². The molecule has 0 spiro atoms. The maximum Gasteiger partial charge on any atom is 0.126 e. The number of hydrogen-bond acceptors (Lipinski definition) is 2. The summed E-state index contributed by atoms with van der Waals surface area (Å²) in [6, 6.07) is 11.2. The molecule has 3 N–H and O–H groups in total. The molecule has 0 heterocycles. The van der Waals surface area contributed by atoms with E-state index in [9.17, 15) is 4.39 Å². The Hall–Kier alpha value is -1.71. The Morgan fingerprint density at radius 3 is 2.32 bits per heavy atom. The Kier molecular flexibility index (Phi) is 3.98. The van der Waals surface area contributed by atoms with Gasteiger partial charge in [-0.2, -0.15) is 0 Å². The lowest BCUT2D eigenvalue weighted by atomic mass is 9.94. The first-order valence-electron chi connectivity index (χ1n) is 6.32. The Bertz CT molecular complexity index is 593. The highest BCUT2D eigenvalue weighted by atomic mass is 19.1. The molecule has 0 aliphatic rings. The molecule has 0 aliphatic heterocycles. The molecule has 100 valence electrons. The van der Waals surface area contributed by atoms with Crippen LogP contribution in [0.4, 0.5) is 4.39 Å². The molecule has 19 heavy (non-hydrogen) atoms. The second-order valence-corrected chi connectivity index (χ2v) is 4.97. The Balaban J connectivity index is 2.46. The van der Waals surface area contributed by atoms with Gasteiger partial charge in [-0.15, -0.1) is 0 Å². The smallest absolute Gasteiger partial charge is 0.126 e. The van der Waals surface area contributed by atoms with E-state index in [4.69, 9.17) is 5.84 Å². The Morgan fingerprint density at radius 1 is 1.00 bits per heavy atom. The maximum absolute atomic E-state index is 13.7. The second-order valence-electron chi connectivity index (χ2n) is 4.97. The number of rotatable bonds is 3. The van der Waals surface area contributed by atoms with Gasteiger partial charge in [-0.05, 0) is 49.1 Å². The van der Waals surface area contributed by atoms with Gasteiger partial charge >= 0.3 is 0 Å². The molecule has 3 heteroatoms. The molecular formula is C16H19FN2. The van der Waals surface area contributed by atoms with Gasteiger partial charge in [-0.1, -0.05) is 35.9 Å². The fraction of sp³-hybridized carbons (Fsp3) is 0.250. The zero-order valence-electron chi connectivity index (χ0n) is 11.5. The van der Waals surface area contributed by atoms with Gasteiger partial charge in [0.1, 0.15) is 5.82 Å². The number of nitrogens with one attached hydrogen (secondary N) is 1. The average Bonchev–Trinajstić information content (AvgIpc) is 2.37. The molecule has 0 fully saturated rings. The summed E-state index contributed by atoms with van der Waals surface area (Å²) in [5.74, 6) is 5.45. The van der Waals surface area contributed by atoms with Crippen LogP contribution in [0.15, 0.2) is 36.4 Å². The molecule has 2 aromatic rings. The third-order valence-electron chi connectivity index (χ3n) is 3.43. The highest BCUT2D eigenvalue weighted by molar-refractivity contribution is 5.39. The van der Waals surface area contributed by atoms with Crippen molar-refractivity contribution >= 4 is 0 Å². The van der Waals surface area contributed by atoms with Gasteiger partial charge in [0.25, 0.3) is 0 Å². The molecule has 2 rings (SSSR count). The molecule has 1 unspecified atom stereocenters. The molecule has 0 amide bonds. The first-order valence-corrected chi connectivity index (χ1v) is 6.32. The minimum atomic E-state index is -0.206. The number of benzene rings is 2. The van der Waals surface area contributed by atoms with E-state index in [0.29, 0.717) is 5.56 Å². The standard InChI is InChI=1S/C16H19FN2/c1-10-4-7-14(12(3)8-10)16(19-18)13-6-5-11(2)15(17)9-13/h4-9,16,19H,18H2,1-3H3. The molecule has 0 aromatic heterocycles. The predicted molar refractivity (Wildman–Crippen MR) is 76.2 cm³/mol. The topological polar surface area (TPSA) is 38.0 Å². The first-order chi connectivity index (χ1) is 9.02. The van der Waals surface area contributed by atoms with E-state index >= 15 is 0 Å². The normalized spacial score (nSPS) is 12.5. The molecular weight excluding hydrogens is 239 g/mol. The van der Waals surface area contributed by atoms with E-state index in [1.807, 2.05) is 32.0 Å². The van der Waals surface area contributed by atoms with Crippen LogP contribution in [0.5, 0.6) is 0 Å². The summed E-state index contributed by atoms with van der Waals surface area (Å²) in [4.78, 5) is 0. The lowest BCUT2D eigenvalue weighted by Crippen LogP contribution is -2.29. The lowest BCUT2D eigenvalue weighted by molar-refractivity contribution is 0.598. The van der Waals surface area contributed by atoms with Crippen LogP contribution in [0.1, 0.15) is 33.9 Å². The van der Waals surface area contributed by atoms with Gasteiger partial charge in [0.2, 0.25) is 0 Å². The van der Waals surface area contributed by atoms with E-state index < -0.39 is 0 Å². The number of halogens is 1. The third-order valence-corrected chi connectivity index (χ3v) is 3.43. The number of aryl methyl sites for hydroxylation is 3.